The van der Waals surface area contributed by atoms with Crippen molar-refractivity contribution in [2.45, 2.75) is 19.3 Å². The van der Waals surface area contributed by atoms with Crippen LogP contribution in [0.3, 0.4) is 0 Å². The second kappa shape index (κ2) is 14.2. The Hall–Kier alpha value is -7.34. The van der Waals surface area contributed by atoms with E-state index in [9.17, 15) is 0 Å². The van der Waals surface area contributed by atoms with Crippen LogP contribution in [-0.2, 0) is 0 Å². The van der Waals surface area contributed by atoms with E-state index < -0.39 is 0 Å². The maximum absolute atomic E-state index is 6.36. The third kappa shape index (κ3) is 5.73. The van der Waals surface area contributed by atoms with E-state index in [-0.39, 0.29) is 0 Å². The smallest absolute Gasteiger partial charge is 0.160 e. The molecule has 0 aliphatic carbocycles. The molecule has 0 saturated carbocycles. The zero-order valence-corrected chi connectivity index (χ0v) is 33.5. The van der Waals surface area contributed by atoms with Crippen LogP contribution in [0, 0.1) is 0 Å². The topological polar surface area (TPSA) is 42.8 Å². The minimum Gasteiger partial charge on any atom is -0.456 e. The van der Waals surface area contributed by atoms with Crippen LogP contribution >= 0.6 is 11.3 Å². The summed E-state index contributed by atoms with van der Waals surface area (Å²) in [5, 5.41) is 7.06. The van der Waals surface area contributed by atoms with Crippen LogP contribution in [0.25, 0.3) is 86.4 Å². The first kappa shape index (κ1) is 34.7. The highest BCUT2D eigenvalue weighted by Gasteiger charge is 2.20. The number of para-hydroxylation sites is 3. The highest BCUT2D eigenvalue weighted by atomic mass is 32.1. The molecule has 5 heteroatoms. The summed E-state index contributed by atoms with van der Waals surface area (Å²) >= 11 is 1.83. The van der Waals surface area contributed by atoms with Gasteiger partial charge >= 0.3 is 0 Å². The number of rotatable bonds is 5. The SMILES string of the molecule is C1=C(c2cccc3oc4ccccc4c23)/N=C(c2cccc3sc4ccc(-c5ccc6c(c5)c5ccccc5n6-c5ccccc5)cc4c23)\N=C(\c2ccccc2)CCC\1. The molecule has 8 aromatic carbocycles. The fraction of sp³-hybridized carbons (Fsp3) is 0.0545. The lowest BCUT2D eigenvalue weighted by Crippen LogP contribution is -2.07. The van der Waals surface area contributed by atoms with Gasteiger partial charge in [0, 0.05) is 58.5 Å². The molecule has 0 radical (unpaired) electrons. The van der Waals surface area contributed by atoms with Crippen LogP contribution in [0.1, 0.15) is 36.0 Å². The molecule has 0 saturated heterocycles. The standard InChI is InChI=1S/C55H37N3OS/c1-3-15-35(16-4-1)45-23-9-10-24-46(40-21-13-27-50-53(40)41-20-8-12-26-49(41)59-50)57-55(56-45)42-22-14-28-52-54(42)44-34-37(30-32-51(44)60-52)36-29-31-48-43(33-36)39-19-7-11-25-47(39)58(48)38-17-5-2-6-18-38/h1-8,11-22,24-34H,9-10,23H2/b46-24-,56-45+,57-55-. The fourth-order valence-electron chi connectivity index (χ4n) is 9.20. The van der Waals surface area contributed by atoms with Gasteiger partial charge < -0.3 is 8.98 Å². The summed E-state index contributed by atoms with van der Waals surface area (Å²) in [5.74, 6) is 0.720. The first-order valence-electron chi connectivity index (χ1n) is 20.6. The molecule has 0 amide bonds. The summed E-state index contributed by atoms with van der Waals surface area (Å²) in [7, 11) is 0. The number of fused-ring (bicyclic) bond motifs is 9. The van der Waals surface area contributed by atoms with Crippen molar-refractivity contribution in [1.29, 1.82) is 0 Å². The van der Waals surface area contributed by atoms with E-state index in [2.05, 4.69) is 181 Å². The number of amidine groups is 1. The molecule has 1 aliphatic rings. The third-order valence-corrected chi connectivity index (χ3v) is 13.1. The summed E-state index contributed by atoms with van der Waals surface area (Å²) in [6, 6.07) is 65.0. The lowest BCUT2D eigenvalue weighted by Gasteiger charge is -2.11. The summed E-state index contributed by atoms with van der Waals surface area (Å²) in [4.78, 5) is 11.2. The monoisotopic (exact) mass is 787 g/mol. The zero-order valence-electron chi connectivity index (χ0n) is 32.7. The summed E-state index contributed by atoms with van der Waals surface area (Å²) < 4.78 is 11.2. The minimum atomic E-state index is 0.720. The van der Waals surface area contributed by atoms with Crippen molar-refractivity contribution in [2.75, 3.05) is 0 Å². The Balaban J connectivity index is 1.06. The van der Waals surface area contributed by atoms with Gasteiger partial charge in [0.15, 0.2) is 5.84 Å². The van der Waals surface area contributed by atoms with Crippen LogP contribution in [0.2, 0.25) is 0 Å². The van der Waals surface area contributed by atoms with Gasteiger partial charge in [-0.1, -0.05) is 127 Å². The maximum Gasteiger partial charge on any atom is 0.160 e. The van der Waals surface area contributed by atoms with E-state index in [1.165, 1.54) is 53.1 Å². The quantitative estimate of drug-likeness (QED) is 0.171. The number of hydrogen-bond donors (Lipinski definition) is 0. The van der Waals surface area contributed by atoms with Crippen molar-refractivity contribution in [3.05, 3.63) is 205 Å². The third-order valence-electron chi connectivity index (χ3n) is 12.0. The van der Waals surface area contributed by atoms with Gasteiger partial charge in [-0.15, -0.1) is 11.3 Å². The number of hydrogen-bond acceptors (Lipinski definition) is 4. The summed E-state index contributed by atoms with van der Waals surface area (Å²) in [6.07, 6.45) is 4.99. The normalized spacial score (nSPS) is 16.4. The minimum absolute atomic E-state index is 0.720. The predicted octanol–water partition coefficient (Wildman–Crippen LogP) is 15.2. The molecule has 11 aromatic rings. The van der Waals surface area contributed by atoms with E-state index in [1.807, 2.05) is 23.5 Å². The van der Waals surface area contributed by atoms with E-state index in [0.29, 0.717) is 0 Å². The Labute approximate surface area is 350 Å². The van der Waals surface area contributed by atoms with Gasteiger partial charge in [0.25, 0.3) is 0 Å². The first-order valence-corrected chi connectivity index (χ1v) is 21.4. The van der Waals surface area contributed by atoms with Gasteiger partial charge in [-0.3, -0.25) is 0 Å². The molecule has 0 unspecified atom stereocenters. The maximum atomic E-state index is 6.36. The van der Waals surface area contributed by atoms with E-state index in [1.54, 1.807) is 0 Å². The Kier molecular flexibility index (Phi) is 8.20. The van der Waals surface area contributed by atoms with Crippen LogP contribution in [0.4, 0.5) is 0 Å². The molecular weight excluding hydrogens is 751 g/mol. The molecule has 0 atom stereocenters. The van der Waals surface area contributed by atoms with Gasteiger partial charge in [-0.05, 0) is 96.6 Å². The van der Waals surface area contributed by atoms with E-state index in [0.717, 1.165) is 80.8 Å². The number of aromatic nitrogens is 1. The molecule has 0 fully saturated rings. The van der Waals surface area contributed by atoms with Gasteiger partial charge in [0.1, 0.15) is 11.2 Å². The average Bonchev–Trinajstić information content (AvgIpc) is 4.00. The Morgan fingerprint density at radius 1 is 0.483 bits per heavy atom. The molecule has 284 valence electrons. The zero-order chi connectivity index (χ0) is 39.6. The Bertz CT molecular complexity index is 3570. The summed E-state index contributed by atoms with van der Waals surface area (Å²) in [6.45, 7) is 0. The number of thiophene rings is 1. The number of benzene rings is 8. The molecule has 12 rings (SSSR count). The van der Waals surface area contributed by atoms with Crippen molar-refractivity contribution < 1.29 is 4.42 Å². The molecule has 0 N–H and O–H groups in total. The van der Waals surface area contributed by atoms with Crippen LogP contribution in [-0.4, -0.2) is 16.1 Å². The van der Waals surface area contributed by atoms with Crippen molar-refractivity contribution in [3.63, 3.8) is 0 Å². The van der Waals surface area contributed by atoms with Crippen LogP contribution in [0.15, 0.2) is 202 Å². The van der Waals surface area contributed by atoms with Gasteiger partial charge in [-0.25, -0.2) is 9.98 Å². The molecule has 0 spiro atoms. The first-order chi connectivity index (χ1) is 29.7. The number of allylic oxidation sites excluding steroid dienone is 1. The molecule has 1 aliphatic heterocycles. The predicted molar refractivity (Wildman–Crippen MR) is 254 cm³/mol. The lowest BCUT2D eigenvalue weighted by atomic mass is 9.99. The fourth-order valence-corrected chi connectivity index (χ4v) is 10.3. The van der Waals surface area contributed by atoms with Crippen LogP contribution in [0.5, 0.6) is 0 Å². The van der Waals surface area contributed by atoms with Crippen molar-refractivity contribution >= 4 is 92.5 Å². The largest absolute Gasteiger partial charge is 0.456 e. The summed E-state index contributed by atoms with van der Waals surface area (Å²) in [5.41, 5.74) is 12.9. The van der Waals surface area contributed by atoms with Gasteiger partial charge in [0.2, 0.25) is 0 Å². The van der Waals surface area contributed by atoms with Crippen molar-refractivity contribution in [1.82, 2.24) is 4.57 Å². The Morgan fingerprint density at radius 3 is 2.07 bits per heavy atom. The number of nitrogens with zero attached hydrogens (tertiary/aromatic N) is 3. The number of furan rings is 1. The van der Waals surface area contributed by atoms with Crippen LogP contribution < -0.4 is 0 Å². The molecular formula is C55H37N3OS. The van der Waals surface area contributed by atoms with E-state index >= 15 is 0 Å². The van der Waals surface area contributed by atoms with Gasteiger partial charge in [0.05, 0.1) is 22.4 Å². The molecule has 4 nitrogen and oxygen atoms in total. The van der Waals surface area contributed by atoms with Gasteiger partial charge in [-0.2, -0.15) is 0 Å². The van der Waals surface area contributed by atoms with E-state index in [4.69, 9.17) is 14.4 Å². The molecule has 4 heterocycles. The van der Waals surface area contributed by atoms with Crippen molar-refractivity contribution in [2.24, 2.45) is 9.98 Å². The highest BCUT2D eigenvalue weighted by Crippen LogP contribution is 2.42. The average molecular weight is 788 g/mol. The Morgan fingerprint density at radius 2 is 1.18 bits per heavy atom. The second-order valence-electron chi connectivity index (χ2n) is 15.5. The van der Waals surface area contributed by atoms with Crippen molar-refractivity contribution in [3.8, 4) is 16.8 Å². The number of aliphatic imine (C=N–C) groups is 2. The lowest BCUT2D eigenvalue weighted by molar-refractivity contribution is 0.669. The second-order valence-corrected chi connectivity index (χ2v) is 16.6. The molecule has 0 bridgehead atoms. The molecule has 3 aromatic heterocycles. The molecule has 60 heavy (non-hydrogen) atoms. The highest BCUT2D eigenvalue weighted by molar-refractivity contribution is 7.25.